The third kappa shape index (κ3) is 3.59. The summed E-state index contributed by atoms with van der Waals surface area (Å²) in [7, 11) is -7.76. The van der Waals surface area contributed by atoms with Crippen molar-refractivity contribution in [2.45, 2.75) is 35.3 Å². The third-order valence-electron chi connectivity index (χ3n) is 2.28. The molecule has 0 aromatic heterocycles. The van der Waals surface area contributed by atoms with Crippen molar-refractivity contribution in [2.24, 2.45) is 0 Å². The summed E-state index contributed by atoms with van der Waals surface area (Å²) in [4.78, 5) is 0. The van der Waals surface area contributed by atoms with E-state index in [1.807, 2.05) is 0 Å². The summed E-state index contributed by atoms with van der Waals surface area (Å²) >= 11 is 0. The van der Waals surface area contributed by atoms with Gasteiger partial charge in [-0.25, -0.2) is 4.39 Å². The maximum absolute atomic E-state index is 12.9. The molecule has 0 rings (SSSR count). The van der Waals surface area contributed by atoms with Crippen LogP contribution in [0.5, 0.6) is 0 Å². The van der Waals surface area contributed by atoms with Crippen molar-refractivity contribution in [3.05, 3.63) is 0 Å². The van der Waals surface area contributed by atoms with Crippen LogP contribution in [-0.4, -0.2) is 50.4 Å². The highest BCUT2D eigenvalue weighted by Crippen LogP contribution is 2.57. The van der Waals surface area contributed by atoms with Gasteiger partial charge in [0.05, 0.1) is 0 Å². The summed E-state index contributed by atoms with van der Waals surface area (Å²) < 4.78 is 196. The summed E-state index contributed by atoms with van der Waals surface area (Å²) in [5.41, 5.74) is -6.90. The molecule has 25 heavy (non-hydrogen) atoms. The molecule has 0 aliphatic carbocycles. The average molecular weight is 432 g/mol. The second-order valence-electron chi connectivity index (χ2n) is 4.06. The van der Waals surface area contributed by atoms with Gasteiger partial charge in [-0.05, 0) is 0 Å². The first-order chi connectivity index (χ1) is 10.5. The fraction of sp³-hybridized carbons (Fsp3) is 1.00. The largest absolute Gasteiger partial charge is 0.523 e. The van der Waals surface area contributed by atoms with Crippen LogP contribution in [0.3, 0.4) is 0 Å². The Bertz CT molecular complexity index is 590. The van der Waals surface area contributed by atoms with Crippen LogP contribution >= 0.6 is 0 Å². The molecular weight excluding hydrogens is 430 g/mol. The number of hydrogen-bond donors (Lipinski definition) is 0. The van der Waals surface area contributed by atoms with Crippen LogP contribution in [0.2, 0.25) is 0 Å². The molecular formula is C7H2F14O3S. The molecule has 0 unspecified atom stereocenters. The second-order valence-corrected chi connectivity index (χ2v) is 5.60. The first-order valence-corrected chi connectivity index (χ1v) is 6.39. The monoisotopic (exact) mass is 432 g/mol. The highest BCUT2D eigenvalue weighted by atomic mass is 32.2. The minimum Gasteiger partial charge on any atom is -0.244 e. The quantitative estimate of drug-likeness (QED) is 0.348. The lowest BCUT2D eigenvalue weighted by atomic mass is 9.98. The fourth-order valence-corrected chi connectivity index (χ4v) is 1.41. The standard InChI is InChI=1S/C7H2F14O3S/c8-1-2(9,10)3(11,12)4(13,14)5(15,16)6(17,18)24-25(22,23)7(19,20)21/h1H2. The Morgan fingerprint density at radius 2 is 1.00 bits per heavy atom. The Hall–Kier alpha value is -1.07. The molecule has 0 aliphatic heterocycles. The van der Waals surface area contributed by atoms with Gasteiger partial charge < -0.3 is 0 Å². The van der Waals surface area contributed by atoms with E-state index in [1.54, 1.807) is 0 Å². The van der Waals surface area contributed by atoms with Gasteiger partial charge in [0, 0.05) is 0 Å². The smallest absolute Gasteiger partial charge is 0.244 e. The normalized spacial score (nSPS) is 16.2. The molecule has 0 saturated heterocycles. The van der Waals surface area contributed by atoms with Gasteiger partial charge in [0.15, 0.2) is 6.67 Å². The lowest BCUT2D eigenvalue weighted by Crippen LogP contribution is -2.68. The lowest BCUT2D eigenvalue weighted by molar-refractivity contribution is -0.431. The lowest BCUT2D eigenvalue weighted by Gasteiger charge is -2.37. The maximum atomic E-state index is 12.9. The van der Waals surface area contributed by atoms with Crippen molar-refractivity contribution in [3.63, 3.8) is 0 Å². The molecule has 0 heterocycles. The zero-order chi connectivity index (χ0) is 20.9. The molecule has 0 aliphatic rings. The molecule has 0 radical (unpaired) electrons. The molecule has 0 amide bonds. The second kappa shape index (κ2) is 5.98. The van der Waals surface area contributed by atoms with E-state index in [9.17, 15) is 69.9 Å². The Balaban J connectivity index is 6.20. The highest BCUT2D eigenvalue weighted by molar-refractivity contribution is 7.87. The van der Waals surface area contributed by atoms with Crippen LogP contribution in [0.25, 0.3) is 0 Å². The topological polar surface area (TPSA) is 43.4 Å². The van der Waals surface area contributed by atoms with E-state index >= 15 is 0 Å². The van der Waals surface area contributed by atoms with Crippen LogP contribution in [0.4, 0.5) is 61.5 Å². The van der Waals surface area contributed by atoms with Crippen molar-refractivity contribution in [1.29, 1.82) is 0 Å². The van der Waals surface area contributed by atoms with Gasteiger partial charge in [0.1, 0.15) is 0 Å². The molecule has 0 spiro atoms. The molecule has 0 aromatic rings. The van der Waals surface area contributed by atoms with Gasteiger partial charge in [-0.1, -0.05) is 0 Å². The molecule has 3 nitrogen and oxygen atoms in total. The van der Waals surface area contributed by atoms with E-state index in [1.165, 1.54) is 4.18 Å². The Kier molecular flexibility index (Phi) is 5.73. The SMILES string of the molecule is O=S(=O)(OC(F)(F)C(F)(F)C(F)(F)C(F)(F)C(F)(F)CF)C(F)(F)F. The van der Waals surface area contributed by atoms with Crippen molar-refractivity contribution in [1.82, 2.24) is 0 Å². The Labute approximate surface area is 127 Å². The molecule has 0 atom stereocenters. The number of rotatable bonds is 7. The minimum absolute atomic E-state index is 1.49. The average Bonchev–Trinajstić information content (AvgIpc) is 2.35. The predicted octanol–water partition coefficient (Wildman–Crippen LogP) is 3.96. The number of halogens is 14. The van der Waals surface area contributed by atoms with E-state index in [0.29, 0.717) is 0 Å². The maximum Gasteiger partial charge on any atom is 0.523 e. The first kappa shape index (κ1) is 23.9. The number of alkyl halides is 14. The van der Waals surface area contributed by atoms with Crippen LogP contribution in [-0.2, 0) is 14.3 Å². The molecule has 0 bridgehead atoms. The molecule has 0 N–H and O–H groups in total. The molecule has 0 aromatic carbocycles. The number of hydrogen-bond acceptors (Lipinski definition) is 3. The molecule has 0 saturated carbocycles. The van der Waals surface area contributed by atoms with E-state index in [0.717, 1.165) is 0 Å². The fourth-order valence-electron chi connectivity index (χ4n) is 0.931. The first-order valence-electron chi connectivity index (χ1n) is 4.99. The van der Waals surface area contributed by atoms with Crippen molar-refractivity contribution in [2.75, 3.05) is 6.67 Å². The van der Waals surface area contributed by atoms with Gasteiger partial charge in [-0.15, -0.1) is 0 Å². The summed E-state index contributed by atoms with van der Waals surface area (Å²) in [6.07, 6.45) is -7.58. The molecule has 152 valence electrons. The summed E-state index contributed by atoms with van der Waals surface area (Å²) in [6, 6.07) is 0. The van der Waals surface area contributed by atoms with Gasteiger partial charge in [0.25, 0.3) is 0 Å². The summed E-state index contributed by atoms with van der Waals surface area (Å²) in [6.45, 7) is -3.76. The van der Waals surface area contributed by atoms with Crippen molar-refractivity contribution in [3.8, 4) is 0 Å². The predicted molar refractivity (Wildman–Crippen MR) is 46.8 cm³/mol. The van der Waals surface area contributed by atoms with Crippen LogP contribution in [0.15, 0.2) is 0 Å². The van der Waals surface area contributed by atoms with Crippen LogP contribution in [0.1, 0.15) is 0 Å². The highest BCUT2D eigenvalue weighted by Gasteiger charge is 2.88. The van der Waals surface area contributed by atoms with E-state index in [4.69, 9.17) is 0 Å². The summed E-state index contributed by atoms with van der Waals surface area (Å²) in [5.74, 6) is -30.2. The van der Waals surface area contributed by atoms with Gasteiger partial charge in [-0.2, -0.15) is 69.7 Å². The third-order valence-corrected chi connectivity index (χ3v) is 3.27. The zero-order valence-corrected chi connectivity index (χ0v) is 11.4. The van der Waals surface area contributed by atoms with E-state index < -0.39 is 52.1 Å². The molecule has 18 heteroatoms. The summed E-state index contributed by atoms with van der Waals surface area (Å²) in [5, 5.41) is 0. The van der Waals surface area contributed by atoms with Crippen molar-refractivity contribution < 1.29 is 74.1 Å². The van der Waals surface area contributed by atoms with Gasteiger partial charge in [-0.3, -0.25) is 0 Å². The molecule has 0 fully saturated rings. The Morgan fingerprint density at radius 1 is 0.640 bits per heavy atom. The van der Waals surface area contributed by atoms with Crippen LogP contribution < -0.4 is 0 Å². The van der Waals surface area contributed by atoms with E-state index in [-0.39, 0.29) is 0 Å². The van der Waals surface area contributed by atoms with Gasteiger partial charge >= 0.3 is 45.4 Å². The zero-order valence-electron chi connectivity index (χ0n) is 10.6. The van der Waals surface area contributed by atoms with Crippen molar-refractivity contribution >= 4 is 10.1 Å². The van der Waals surface area contributed by atoms with Gasteiger partial charge in [0.2, 0.25) is 0 Å². The van der Waals surface area contributed by atoms with E-state index in [2.05, 4.69) is 0 Å². The van der Waals surface area contributed by atoms with Crippen LogP contribution in [0, 0.1) is 0 Å². The minimum atomic E-state index is -7.96. The Morgan fingerprint density at radius 3 is 1.28 bits per heavy atom.